The maximum absolute atomic E-state index is 13.7. The zero-order valence-corrected chi connectivity index (χ0v) is 23.4. The van der Waals surface area contributed by atoms with Crippen molar-refractivity contribution in [2.45, 2.75) is 26.6 Å². The van der Waals surface area contributed by atoms with Crippen molar-refractivity contribution >= 4 is 34.7 Å². The van der Waals surface area contributed by atoms with Crippen molar-refractivity contribution in [2.75, 3.05) is 42.4 Å². The summed E-state index contributed by atoms with van der Waals surface area (Å²) in [6, 6.07) is 7.45. The lowest BCUT2D eigenvalue weighted by atomic mass is 9.93. The summed E-state index contributed by atoms with van der Waals surface area (Å²) in [6.07, 6.45) is -2.24. The van der Waals surface area contributed by atoms with E-state index in [2.05, 4.69) is 36.0 Å². The number of hydrogen-bond acceptors (Lipinski definition) is 9. The zero-order chi connectivity index (χ0) is 30.7. The van der Waals surface area contributed by atoms with Crippen LogP contribution >= 0.6 is 0 Å². The Morgan fingerprint density at radius 1 is 1.07 bits per heavy atom. The molecule has 3 aromatic heterocycles. The smallest absolute Gasteiger partial charge is 0.379 e. The number of carbonyl (C=O) groups excluding carboxylic acids is 2. The van der Waals surface area contributed by atoms with Gasteiger partial charge in [0.15, 0.2) is 11.6 Å². The molecule has 0 aliphatic carbocycles. The van der Waals surface area contributed by atoms with E-state index in [4.69, 9.17) is 10.6 Å². The number of urea groups is 1. The average Bonchev–Trinajstić information content (AvgIpc) is 3.31. The van der Waals surface area contributed by atoms with Crippen LogP contribution in [0, 0.1) is 5.92 Å². The van der Waals surface area contributed by atoms with Crippen LogP contribution in [0.1, 0.15) is 35.5 Å². The van der Waals surface area contributed by atoms with E-state index in [0.717, 1.165) is 18.3 Å². The zero-order valence-electron chi connectivity index (χ0n) is 23.4. The van der Waals surface area contributed by atoms with Crippen molar-refractivity contribution in [3.8, 4) is 11.1 Å². The van der Waals surface area contributed by atoms with Gasteiger partial charge in [-0.15, -0.1) is 0 Å². The predicted molar refractivity (Wildman–Crippen MR) is 153 cm³/mol. The van der Waals surface area contributed by atoms with E-state index in [1.165, 1.54) is 6.33 Å². The number of aromatic nitrogens is 4. The van der Waals surface area contributed by atoms with Gasteiger partial charge in [0, 0.05) is 43.0 Å². The number of halogens is 3. The summed E-state index contributed by atoms with van der Waals surface area (Å²) >= 11 is 0. The summed E-state index contributed by atoms with van der Waals surface area (Å²) < 4.78 is 46.2. The molecule has 1 aliphatic heterocycles. The number of ether oxygens (including phenoxy) is 1. The molecule has 1 saturated heterocycles. The fourth-order valence-corrected chi connectivity index (χ4v) is 4.88. The Hall–Kier alpha value is -4.60. The van der Waals surface area contributed by atoms with Gasteiger partial charge in [-0.05, 0) is 29.8 Å². The van der Waals surface area contributed by atoms with E-state index in [0.29, 0.717) is 72.3 Å². The van der Waals surface area contributed by atoms with Crippen molar-refractivity contribution in [1.82, 2.24) is 24.5 Å². The number of ketones is 1. The molecule has 2 amide bonds. The summed E-state index contributed by atoms with van der Waals surface area (Å²) in [6.45, 7) is 6.66. The van der Waals surface area contributed by atoms with Gasteiger partial charge in [0.2, 0.25) is 0 Å². The summed E-state index contributed by atoms with van der Waals surface area (Å²) in [5, 5.41) is 9.37. The molecule has 1 aromatic carbocycles. The second-order valence-corrected chi connectivity index (χ2v) is 10.2. The fourth-order valence-electron chi connectivity index (χ4n) is 4.88. The van der Waals surface area contributed by atoms with Gasteiger partial charge >= 0.3 is 12.2 Å². The number of hydrazine groups is 1. The monoisotopic (exact) mass is 597 g/mol. The number of Topliss-reactive ketones (excluding diaryl/α,β-unsaturated/α-hetero) is 1. The average molecular weight is 598 g/mol. The molecule has 43 heavy (non-hydrogen) atoms. The number of morpholine rings is 1. The summed E-state index contributed by atoms with van der Waals surface area (Å²) in [4.78, 5) is 36.5. The van der Waals surface area contributed by atoms with Crippen LogP contribution < -0.4 is 21.9 Å². The number of fused-ring (bicyclic) bond motifs is 1. The Labute approximate surface area is 244 Å². The molecule has 1 aliphatic rings. The van der Waals surface area contributed by atoms with Gasteiger partial charge in [-0.3, -0.25) is 15.0 Å². The SMILES string of the molecule is CC(C)C(=O)c1c(-c2ccc(NC(=O)Nc3cc(C(F)(F)F)ccn3)cc2)c2c(NN)ncnn2c1CN1CCOCC1. The molecule has 0 atom stereocenters. The van der Waals surface area contributed by atoms with Gasteiger partial charge in [-0.1, -0.05) is 26.0 Å². The number of rotatable bonds is 8. The predicted octanol–water partition coefficient (Wildman–Crippen LogP) is 4.41. The minimum absolute atomic E-state index is 0.0816. The first-order valence-corrected chi connectivity index (χ1v) is 13.5. The van der Waals surface area contributed by atoms with Crippen molar-refractivity contribution in [3.63, 3.8) is 0 Å². The minimum Gasteiger partial charge on any atom is -0.379 e. The van der Waals surface area contributed by atoms with E-state index < -0.39 is 17.8 Å². The largest absolute Gasteiger partial charge is 0.416 e. The van der Waals surface area contributed by atoms with Crippen molar-refractivity contribution in [2.24, 2.45) is 11.8 Å². The molecule has 226 valence electrons. The number of hydrogen-bond donors (Lipinski definition) is 4. The lowest BCUT2D eigenvalue weighted by molar-refractivity contribution is -0.137. The highest BCUT2D eigenvalue weighted by Gasteiger charge is 2.32. The number of pyridine rings is 1. The normalized spacial score (nSPS) is 14.2. The van der Waals surface area contributed by atoms with E-state index in [1.807, 2.05) is 13.8 Å². The Morgan fingerprint density at radius 2 is 1.79 bits per heavy atom. The van der Waals surface area contributed by atoms with Crippen molar-refractivity contribution < 1.29 is 27.5 Å². The fraction of sp³-hybridized carbons (Fsp3) is 0.321. The van der Waals surface area contributed by atoms with Crippen LogP contribution in [0.2, 0.25) is 0 Å². The van der Waals surface area contributed by atoms with Crippen LogP contribution in [0.15, 0.2) is 48.9 Å². The number of anilines is 3. The number of nitrogens with zero attached hydrogens (tertiary/aromatic N) is 5. The van der Waals surface area contributed by atoms with Gasteiger partial charge in [0.1, 0.15) is 17.7 Å². The minimum atomic E-state index is -4.57. The molecule has 0 spiro atoms. The van der Waals surface area contributed by atoms with Crippen LogP contribution in [-0.2, 0) is 17.5 Å². The Morgan fingerprint density at radius 3 is 2.44 bits per heavy atom. The highest BCUT2D eigenvalue weighted by atomic mass is 19.4. The standard InChI is InChI=1S/C28H30F3N9O3/c1-16(2)25(41)23-20(14-39-9-11-43-12-10-39)40-24(26(38-32)34-15-35-40)22(23)17-3-5-19(6-4-17)36-27(42)37-21-13-18(7-8-33-21)28(29,30)31/h3-8,13,15-16H,9-12,14,32H2,1-2H3,(H,34,35,38)(H2,33,36,37,42). The van der Waals surface area contributed by atoms with E-state index in [1.54, 1.807) is 28.8 Å². The van der Waals surface area contributed by atoms with E-state index >= 15 is 0 Å². The van der Waals surface area contributed by atoms with Gasteiger partial charge < -0.3 is 15.5 Å². The summed E-state index contributed by atoms with van der Waals surface area (Å²) in [5.74, 6) is 5.50. The van der Waals surface area contributed by atoms with Crippen LogP contribution in [0.4, 0.5) is 35.3 Å². The molecule has 12 nitrogen and oxygen atoms in total. The van der Waals surface area contributed by atoms with Gasteiger partial charge in [0.05, 0.1) is 30.0 Å². The quantitative estimate of drug-likeness (QED) is 0.131. The van der Waals surface area contributed by atoms with Crippen LogP contribution in [-0.4, -0.2) is 62.6 Å². The molecule has 0 bridgehead atoms. The molecule has 4 heterocycles. The first kappa shape index (κ1) is 29.9. The molecule has 0 unspecified atom stereocenters. The molecule has 1 fully saturated rings. The maximum Gasteiger partial charge on any atom is 0.416 e. The molecular formula is C28H30F3N9O3. The second kappa shape index (κ2) is 12.3. The van der Waals surface area contributed by atoms with Gasteiger partial charge in [0.25, 0.3) is 0 Å². The third-order valence-corrected chi connectivity index (χ3v) is 6.97. The van der Waals surface area contributed by atoms with Crippen LogP contribution in [0.5, 0.6) is 0 Å². The molecular weight excluding hydrogens is 567 g/mol. The van der Waals surface area contributed by atoms with Gasteiger partial charge in [-0.25, -0.2) is 25.1 Å². The number of nitrogen functional groups attached to an aromatic ring is 1. The Kier molecular flexibility index (Phi) is 8.57. The molecule has 0 saturated carbocycles. The Balaban J connectivity index is 1.49. The number of nitrogens with one attached hydrogen (secondary N) is 3. The van der Waals surface area contributed by atoms with Gasteiger partial charge in [-0.2, -0.15) is 18.3 Å². The highest BCUT2D eigenvalue weighted by Crippen LogP contribution is 2.38. The number of carbonyl (C=O) groups is 2. The second-order valence-electron chi connectivity index (χ2n) is 10.2. The third-order valence-electron chi connectivity index (χ3n) is 6.97. The summed E-state index contributed by atoms with van der Waals surface area (Å²) in [5.41, 5.74) is 4.97. The molecule has 0 radical (unpaired) electrons. The van der Waals surface area contributed by atoms with E-state index in [-0.39, 0.29) is 17.5 Å². The topological polar surface area (TPSA) is 152 Å². The highest BCUT2D eigenvalue weighted by molar-refractivity contribution is 6.10. The van der Waals surface area contributed by atoms with Crippen LogP contribution in [0.25, 0.3) is 16.6 Å². The summed E-state index contributed by atoms with van der Waals surface area (Å²) in [7, 11) is 0. The number of amides is 2. The van der Waals surface area contributed by atoms with Crippen LogP contribution in [0.3, 0.4) is 0 Å². The lowest BCUT2D eigenvalue weighted by Crippen LogP contribution is -2.36. The molecule has 5 rings (SSSR count). The first-order valence-electron chi connectivity index (χ1n) is 13.5. The number of alkyl halides is 3. The number of nitrogens with two attached hydrogens (primary N) is 1. The van der Waals surface area contributed by atoms with E-state index in [9.17, 15) is 22.8 Å². The Bertz CT molecular complexity index is 1630. The van der Waals surface area contributed by atoms with Crippen molar-refractivity contribution in [1.29, 1.82) is 0 Å². The molecule has 15 heteroatoms. The molecule has 4 aromatic rings. The first-order chi connectivity index (χ1) is 20.6. The number of benzene rings is 1. The van der Waals surface area contributed by atoms with Crippen molar-refractivity contribution in [3.05, 3.63) is 65.7 Å². The third kappa shape index (κ3) is 6.43. The maximum atomic E-state index is 13.7. The molecule has 5 N–H and O–H groups in total. The lowest BCUT2D eigenvalue weighted by Gasteiger charge is -2.26.